The highest BCUT2D eigenvalue weighted by atomic mass is 16.5. The van der Waals surface area contributed by atoms with Crippen molar-refractivity contribution in [2.45, 2.75) is 32.3 Å². The number of rotatable bonds is 7. The van der Waals surface area contributed by atoms with E-state index >= 15 is 0 Å². The van der Waals surface area contributed by atoms with E-state index in [0.717, 1.165) is 17.3 Å². The summed E-state index contributed by atoms with van der Waals surface area (Å²) in [4.78, 5) is 25.0. The number of aromatic nitrogens is 1. The topological polar surface area (TPSA) is 60.3 Å². The van der Waals surface area contributed by atoms with Crippen molar-refractivity contribution >= 4 is 22.8 Å². The second-order valence-corrected chi connectivity index (χ2v) is 6.98. The average Bonchev–Trinajstić information content (AvgIpc) is 3.06. The number of benzene rings is 2. The van der Waals surface area contributed by atoms with E-state index in [9.17, 15) is 9.59 Å². The predicted molar refractivity (Wildman–Crippen MR) is 110 cm³/mol. The zero-order valence-electron chi connectivity index (χ0n) is 16.5. The fourth-order valence-corrected chi connectivity index (χ4v) is 3.37. The van der Waals surface area contributed by atoms with Crippen LogP contribution in [0.2, 0.25) is 0 Å². The minimum atomic E-state index is -0.861. The number of carbonyl (C=O) groups is 2. The van der Waals surface area contributed by atoms with Crippen LogP contribution in [0.25, 0.3) is 10.9 Å². The molecular formula is C23H26N2O3. The largest absolute Gasteiger partial charge is 0.449 e. The second-order valence-electron chi connectivity index (χ2n) is 6.98. The molecule has 0 radical (unpaired) electrons. The molecule has 1 aromatic heterocycles. The highest BCUT2D eigenvalue weighted by Gasteiger charge is 2.22. The standard InChI is InChI=1S/C23H26N2O3/c1-4-17(18-10-6-5-7-11-18)14-24-22(26)16(2)28-23(27)20-15-25(3)21-13-9-8-12-19(20)21/h5-13,15-17H,4,14H2,1-3H3,(H,24,26)/t16-,17-/m1/s1. The van der Waals surface area contributed by atoms with Crippen LogP contribution in [0.3, 0.4) is 0 Å². The molecule has 0 unspecified atom stereocenters. The first-order valence-electron chi connectivity index (χ1n) is 9.59. The highest BCUT2D eigenvalue weighted by Crippen LogP contribution is 2.22. The van der Waals surface area contributed by atoms with Crippen LogP contribution >= 0.6 is 0 Å². The summed E-state index contributed by atoms with van der Waals surface area (Å²) in [5.41, 5.74) is 2.60. The summed E-state index contributed by atoms with van der Waals surface area (Å²) in [6.07, 6.45) is 1.79. The lowest BCUT2D eigenvalue weighted by Crippen LogP contribution is -2.38. The predicted octanol–water partition coefficient (Wildman–Crippen LogP) is 4.03. The minimum Gasteiger partial charge on any atom is -0.449 e. The van der Waals surface area contributed by atoms with Gasteiger partial charge < -0.3 is 14.6 Å². The monoisotopic (exact) mass is 378 g/mol. The van der Waals surface area contributed by atoms with Crippen LogP contribution < -0.4 is 5.32 Å². The summed E-state index contributed by atoms with van der Waals surface area (Å²) in [5.74, 6) is -0.552. The summed E-state index contributed by atoms with van der Waals surface area (Å²) in [5, 5.41) is 3.73. The van der Waals surface area contributed by atoms with E-state index in [1.807, 2.05) is 54.1 Å². The van der Waals surface area contributed by atoms with E-state index < -0.39 is 12.1 Å². The van der Waals surface area contributed by atoms with E-state index in [1.165, 1.54) is 5.56 Å². The Morgan fingerprint density at radius 2 is 1.75 bits per heavy atom. The summed E-state index contributed by atoms with van der Waals surface area (Å²) in [6.45, 7) is 4.20. The molecule has 146 valence electrons. The number of fused-ring (bicyclic) bond motifs is 1. The van der Waals surface area contributed by atoms with Gasteiger partial charge in [0, 0.05) is 36.6 Å². The fourth-order valence-electron chi connectivity index (χ4n) is 3.37. The third kappa shape index (κ3) is 4.25. The molecule has 28 heavy (non-hydrogen) atoms. The Kier molecular flexibility index (Phi) is 6.14. The lowest BCUT2D eigenvalue weighted by molar-refractivity contribution is -0.129. The number of para-hydroxylation sites is 1. The van der Waals surface area contributed by atoms with Crippen molar-refractivity contribution in [2.24, 2.45) is 7.05 Å². The van der Waals surface area contributed by atoms with Gasteiger partial charge in [0.05, 0.1) is 5.56 Å². The SMILES string of the molecule is CC[C@H](CNC(=O)[C@@H](C)OC(=O)c1cn(C)c2ccccc12)c1ccccc1. The molecule has 3 aromatic rings. The van der Waals surface area contributed by atoms with E-state index in [2.05, 4.69) is 24.4 Å². The van der Waals surface area contributed by atoms with Gasteiger partial charge in [-0.1, -0.05) is 55.5 Å². The molecule has 1 heterocycles. The number of ether oxygens (including phenoxy) is 1. The Morgan fingerprint density at radius 3 is 2.46 bits per heavy atom. The van der Waals surface area contributed by atoms with Gasteiger partial charge in [-0.3, -0.25) is 4.79 Å². The van der Waals surface area contributed by atoms with E-state index in [0.29, 0.717) is 12.1 Å². The van der Waals surface area contributed by atoms with Gasteiger partial charge in [0.2, 0.25) is 0 Å². The highest BCUT2D eigenvalue weighted by molar-refractivity contribution is 6.05. The molecule has 0 spiro atoms. The molecule has 0 aliphatic heterocycles. The molecule has 0 aliphatic rings. The molecule has 2 aromatic carbocycles. The Morgan fingerprint density at radius 1 is 1.07 bits per heavy atom. The number of carbonyl (C=O) groups excluding carboxylic acids is 2. The van der Waals surface area contributed by atoms with Crippen molar-refractivity contribution in [3.63, 3.8) is 0 Å². The summed E-state index contributed by atoms with van der Waals surface area (Å²) in [6, 6.07) is 17.7. The molecule has 0 aliphatic carbocycles. The Labute approximate surface area is 165 Å². The quantitative estimate of drug-likeness (QED) is 0.632. The molecule has 0 fully saturated rings. The molecule has 5 heteroatoms. The van der Waals surface area contributed by atoms with Crippen molar-refractivity contribution < 1.29 is 14.3 Å². The molecule has 3 rings (SSSR count). The maximum absolute atomic E-state index is 12.6. The van der Waals surface area contributed by atoms with Gasteiger partial charge in [-0.05, 0) is 25.0 Å². The van der Waals surface area contributed by atoms with E-state index in [4.69, 9.17) is 4.74 Å². The maximum Gasteiger partial charge on any atom is 0.341 e. The number of hydrogen-bond donors (Lipinski definition) is 1. The van der Waals surface area contributed by atoms with E-state index in [1.54, 1.807) is 13.1 Å². The maximum atomic E-state index is 12.6. The number of amides is 1. The molecule has 2 atom stereocenters. The molecule has 1 N–H and O–H groups in total. The van der Waals surface area contributed by atoms with Gasteiger partial charge in [0.25, 0.3) is 5.91 Å². The van der Waals surface area contributed by atoms with Crippen LogP contribution in [0.15, 0.2) is 60.8 Å². The Balaban J connectivity index is 1.61. The summed E-state index contributed by atoms with van der Waals surface area (Å²) in [7, 11) is 1.88. The molecule has 0 bridgehead atoms. The van der Waals surface area contributed by atoms with Crippen LogP contribution in [0.5, 0.6) is 0 Å². The number of hydrogen-bond acceptors (Lipinski definition) is 3. The zero-order chi connectivity index (χ0) is 20.1. The lowest BCUT2D eigenvalue weighted by Gasteiger charge is -2.18. The molecule has 0 saturated carbocycles. The summed E-state index contributed by atoms with van der Waals surface area (Å²) >= 11 is 0. The lowest BCUT2D eigenvalue weighted by atomic mass is 9.96. The zero-order valence-corrected chi connectivity index (χ0v) is 16.5. The van der Waals surface area contributed by atoms with Gasteiger partial charge in [0.1, 0.15) is 0 Å². The molecular weight excluding hydrogens is 352 g/mol. The number of aryl methyl sites for hydroxylation is 1. The van der Waals surface area contributed by atoms with Crippen molar-refractivity contribution in [2.75, 3.05) is 6.54 Å². The van der Waals surface area contributed by atoms with Crippen molar-refractivity contribution in [1.29, 1.82) is 0 Å². The smallest absolute Gasteiger partial charge is 0.341 e. The van der Waals surface area contributed by atoms with Gasteiger partial charge >= 0.3 is 5.97 Å². The van der Waals surface area contributed by atoms with Gasteiger partial charge in [-0.25, -0.2) is 4.79 Å². The Hall–Kier alpha value is -3.08. The van der Waals surface area contributed by atoms with E-state index in [-0.39, 0.29) is 11.8 Å². The number of nitrogens with zero attached hydrogens (tertiary/aromatic N) is 1. The van der Waals surface area contributed by atoms with Crippen molar-refractivity contribution in [3.8, 4) is 0 Å². The first kappa shape index (κ1) is 19.7. The summed E-state index contributed by atoms with van der Waals surface area (Å²) < 4.78 is 7.30. The first-order chi connectivity index (χ1) is 13.5. The van der Waals surface area contributed by atoms with Crippen LogP contribution in [0, 0.1) is 0 Å². The van der Waals surface area contributed by atoms with Gasteiger partial charge in [0.15, 0.2) is 6.10 Å². The first-order valence-corrected chi connectivity index (χ1v) is 9.59. The molecule has 0 saturated heterocycles. The van der Waals surface area contributed by atoms with Crippen LogP contribution in [0.4, 0.5) is 0 Å². The average molecular weight is 378 g/mol. The van der Waals surface area contributed by atoms with Crippen LogP contribution in [0.1, 0.15) is 42.1 Å². The van der Waals surface area contributed by atoms with Gasteiger partial charge in [-0.15, -0.1) is 0 Å². The third-order valence-electron chi connectivity index (χ3n) is 5.06. The minimum absolute atomic E-state index is 0.228. The number of esters is 1. The third-order valence-corrected chi connectivity index (χ3v) is 5.06. The van der Waals surface area contributed by atoms with Crippen LogP contribution in [-0.4, -0.2) is 29.1 Å². The fraction of sp³-hybridized carbons (Fsp3) is 0.304. The number of nitrogens with one attached hydrogen (secondary N) is 1. The van der Waals surface area contributed by atoms with Crippen molar-refractivity contribution in [3.05, 3.63) is 71.9 Å². The Bertz CT molecular complexity index is 962. The normalized spacial score (nSPS) is 13.1. The van der Waals surface area contributed by atoms with Crippen molar-refractivity contribution in [1.82, 2.24) is 9.88 Å². The molecule has 1 amide bonds. The second kappa shape index (κ2) is 8.74. The molecule has 5 nitrogen and oxygen atoms in total. The van der Waals surface area contributed by atoms with Gasteiger partial charge in [-0.2, -0.15) is 0 Å². The van der Waals surface area contributed by atoms with Crippen LogP contribution in [-0.2, 0) is 16.6 Å².